The van der Waals surface area contributed by atoms with Crippen molar-refractivity contribution in [1.29, 1.82) is 0 Å². The quantitative estimate of drug-likeness (QED) is 0.771. The number of hydrogen-bond acceptors (Lipinski definition) is 3. The molecule has 2 heterocycles. The van der Waals surface area contributed by atoms with Gasteiger partial charge in [-0.05, 0) is 24.3 Å². The van der Waals surface area contributed by atoms with Gasteiger partial charge in [-0.1, -0.05) is 17.7 Å². The number of rotatable bonds is 5. The standard InChI is InChI=1S/C17H14ClFN2O3/c18-13-2-1-3-14(19)12(13)10-15(22)20-6-8-21-7-4-11-5-9-24-16(11)17(21)23/h1-5,7,9H,6,8,10H2,(H,20,22). The van der Waals surface area contributed by atoms with Gasteiger partial charge >= 0.3 is 0 Å². The summed E-state index contributed by atoms with van der Waals surface area (Å²) in [4.78, 5) is 24.1. The Morgan fingerprint density at radius 1 is 1.29 bits per heavy atom. The maximum atomic E-state index is 13.6. The number of halogens is 2. The van der Waals surface area contributed by atoms with Gasteiger partial charge in [0.05, 0.1) is 12.7 Å². The summed E-state index contributed by atoms with van der Waals surface area (Å²) in [5, 5.41) is 3.59. The lowest BCUT2D eigenvalue weighted by Crippen LogP contribution is -2.31. The average molecular weight is 349 g/mol. The summed E-state index contributed by atoms with van der Waals surface area (Å²) >= 11 is 5.89. The number of carbonyl (C=O) groups is 1. The molecule has 7 heteroatoms. The summed E-state index contributed by atoms with van der Waals surface area (Å²) in [6, 6.07) is 7.75. The molecule has 0 spiro atoms. The molecular formula is C17H14ClFN2O3. The minimum atomic E-state index is -0.517. The molecule has 1 amide bonds. The molecule has 24 heavy (non-hydrogen) atoms. The Bertz CT molecular complexity index is 928. The number of amides is 1. The Balaban J connectivity index is 1.60. The van der Waals surface area contributed by atoms with Gasteiger partial charge in [0.1, 0.15) is 5.82 Å². The Hall–Kier alpha value is -2.60. The van der Waals surface area contributed by atoms with Gasteiger partial charge in [0.2, 0.25) is 5.91 Å². The molecule has 3 aromatic rings. The molecular weight excluding hydrogens is 335 g/mol. The number of aromatic nitrogens is 1. The Kier molecular flexibility index (Phi) is 4.66. The summed E-state index contributed by atoms with van der Waals surface area (Å²) in [5.74, 6) is -0.883. The lowest BCUT2D eigenvalue weighted by Gasteiger charge is -2.09. The molecule has 0 saturated heterocycles. The van der Waals surface area contributed by atoms with Crippen molar-refractivity contribution in [3.63, 3.8) is 0 Å². The fourth-order valence-corrected chi connectivity index (χ4v) is 2.64. The van der Waals surface area contributed by atoms with Crippen LogP contribution in [0.3, 0.4) is 0 Å². The van der Waals surface area contributed by atoms with Crippen LogP contribution in [0.15, 0.2) is 52.0 Å². The second-order valence-corrected chi connectivity index (χ2v) is 5.65. The minimum Gasteiger partial charge on any atom is -0.459 e. The number of furan rings is 1. The monoisotopic (exact) mass is 348 g/mol. The number of hydrogen-bond donors (Lipinski definition) is 1. The van der Waals surface area contributed by atoms with Crippen molar-refractivity contribution in [3.8, 4) is 0 Å². The molecule has 2 aromatic heterocycles. The van der Waals surface area contributed by atoms with E-state index in [0.29, 0.717) is 0 Å². The van der Waals surface area contributed by atoms with Gasteiger partial charge in [0, 0.05) is 35.3 Å². The van der Waals surface area contributed by atoms with Crippen LogP contribution >= 0.6 is 11.6 Å². The molecule has 124 valence electrons. The zero-order valence-corrected chi connectivity index (χ0v) is 13.3. The SMILES string of the molecule is O=C(Cc1c(F)cccc1Cl)NCCn1ccc2ccoc2c1=O. The number of fused-ring (bicyclic) bond motifs is 1. The molecule has 1 N–H and O–H groups in total. The molecule has 0 fully saturated rings. The third kappa shape index (κ3) is 3.33. The molecule has 0 aliphatic heterocycles. The van der Waals surface area contributed by atoms with Gasteiger partial charge in [-0.3, -0.25) is 9.59 Å². The highest BCUT2D eigenvalue weighted by Crippen LogP contribution is 2.19. The second-order valence-electron chi connectivity index (χ2n) is 5.25. The Morgan fingerprint density at radius 2 is 2.12 bits per heavy atom. The second kappa shape index (κ2) is 6.88. The van der Waals surface area contributed by atoms with Gasteiger partial charge in [-0.15, -0.1) is 0 Å². The largest absolute Gasteiger partial charge is 0.459 e. The number of pyridine rings is 1. The molecule has 0 aliphatic rings. The van der Waals surface area contributed by atoms with E-state index in [1.54, 1.807) is 18.3 Å². The lowest BCUT2D eigenvalue weighted by atomic mass is 10.1. The minimum absolute atomic E-state index is 0.155. The predicted octanol–water partition coefficient (Wildman–Crippen LogP) is 2.75. The smallest absolute Gasteiger partial charge is 0.294 e. The van der Waals surface area contributed by atoms with Crippen molar-refractivity contribution in [2.24, 2.45) is 0 Å². The topological polar surface area (TPSA) is 64.2 Å². The summed E-state index contributed by atoms with van der Waals surface area (Å²) in [6.07, 6.45) is 2.94. The van der Waals surface area contributed by atoms with E-state index in [2.05, 4.69) is 5.32 Å². The molecule has 0 aliphatic carbocycles. The highest BCUT2D eigenvalue weighted by Gasteiger charge is 2.12. The van der Waals surface area contributed by atoms with Crippen molar-refractivity contribution >= 4 is 28.5 Å². The van der Waals surface area contributed by atoms with Crippen LogP contribution in [0.5, 0.6) is 0 Å². The van der Waals surface area contributed by atoms with Crippen molar-refractivity contribution in [3.05, 3.63) is 69.5 Å². The summed E-state index contributed by atoms with van der Waals surface area (Å²) in [7, 11) is 0. The fourth-order valence-electron chi connectivity index (χ4n) is 2.41. The van der Waals surface area contributed by atoms with Gasteiger partial charge in [0.15, 0.2) is 5.58 Å². The van der Waals surface area contributed by atoms with E-state index in [1.165, 1.54) is 29.0 Å². The predicted molar refractivity (Wildman–Crippen MR) is 88.6 cm³/mol. The first-order valence-corrected chi connectivity index (χ1v) is 7.70. The van der Waals surface area contributed by atoms with Gasteiger partial charge in [-0.25, -0.2) is 4.39 Å². The van der Waals surface area contributed by atoms with E-state index in [4.69, 9.17) is 16.0 Å². The van der Waals surface area contributed by atoms with E-state index >= 15 is 0 Å². The molecule has 0 unspecified atom stereocenters. The lowest BCUT2D eigenvalue weighted by molar-refractivity contribution is -0.120. The highest BCUT2D eigenvalue weighted by molar-refractivity contribution is 6.31. The van der Waals surface area contributed by atoms with Crippen LogP contribution in [-0.2, 0) is 17.8 Å². The summed E-state index contributed by atoms with van der Waals surface area (Å²) in [5.41, 5.74) is 0.178. The average Bonchev–Trinajstić information content (AvgIpc) is 3.03. The zero-order valence-electron chi connectivity index (χ0n) is 12.6. The maximum absolute atomic E-state index is 13.6. The molecule has 0 atom stereocenters. The highest BCUT2D eigenvalue weighted by atomic mass is 35.5. The van der Waals surface area contributed by atoms with Crippen LogP contribution in [0.4, 0.5) is 4.39 Å². The van der Waals surface area contributed by atoms with Crippen molar-refractivity contribution in [2.45, 2.75) is 13.0 Å². The van der Waals surface area contributed by atoms with E-state index in [9.17, 15) is 14.0 Å². The molecule has 5 nitrogen and oxygen atoms in total. The molecule has 0 bridgehead atoms. The Morgan fingerprint density at radius 3 is 2.92 bits per heavy atom. The number of carbonyl (C=O) groups excluding carboxylic acids is 1. The van der Waals surface area contributed by atoms with Crippen LogP contribution in [0.2, 0.25) is 5.02 Å². The van der Waals surface area contributed by atoms with Crippen LogP contribution < -0.4 is 10.9 Å². The van der Waals surface area contributed by atoms with Crippen LogP contribution in [-0.4, -0.2) is 17.0 Å². The third-order valence-electron chi connectivity index (χ3n) is 3.66. The van der Waals surface area contributed by atoms with E-state index in [1.807, 2.05) is 0 Å². The number of benzene rings is 1. The van der Waals surface area contributed by atoms with Gasteiger partial charge < -0.3 is 14.3 Å². The number of nitrogens with zero attached hydrogens (tertiary/aromatic N) is 1. The normalized spacial score (nSPS) is 10.9. The van der Waals surface area contributed by atoms with Gasteiger partial charge in [-0.2, -0.15) is 0 Å². The first-order valence-electron chi connectivity index (χ1n) is 7.32. The van der Waals surface area contributed by atoms with Crippen molar-refractivity contribution < 1.29 is 13.6 Å². The first kappa shape index (κ1) is 16.3. The van der Waals surface area contributed by atoms with Gasteiger partial charge in [0.25, 0.3) is 5.56 Å². The fraction of sp³-hybridized carbons (Fsp3) is 0.176. The third-order valence-corrected chi connectivity index (χ3v) is 4.01. The molecule has 0 radical (unpaired) electrons. The van der Waals surface area contributed by atoms with E-state index < -0.39 is 5.82 Å². The molecule has 1 aromatic carbocycles. The Labute approximate surface area is 141 Å². The van der Waals surface area contributed by atoms with Crippen LogP contribution in [0.25, 0.3) is 11.0 Å². The first-order chi connectivity index (χ1) is 11.6. The number of nitrogens with one attached hydrogen (secondary N) is 1. The zero-order chi connectivity index (χ0) is 17.1. The van der Waals surface area contributed by atoms with E-state index in [0.717, 1.165) is 5.39 Å². The molecule has 0 saturated carbocycles. The molecule has 3 rings (SSSR count). The van der Waals surface area contributed by atoms with E-state index in [-0.39, 0.29) is 47.1 Å². The maximum Gasteiger partial charge on any atom is 0.294 e. The van der Waals surface area contributed by atoms with Crippen LogP contribution in [0, 0.1) is 5.82 Å². The van der Waals surface area contributed by atoms with Crippen molar-refractivity contribution in [2.75, 3.05) is 6.54 Å². The summed E-state index contributed by atoms with van der Waals surface area (Å²) < 4.78 is 20.2. The van der Waals surface area contributed by atoms with Crippen LogP contribution in [0.1, 0.15) is 5.56 Å². The summed E-state index contributed by atoms with van der Waals surface area (Å²) in [6.45, 7) is 0.517. The van der Waals surface area contributed by atoms with Crippen molar-refractivity contribution in [1.82, 2.24) is 9.88 Å².